The molecule has 0 aromatic rings. The molecule has 0 unspecified atom stereocenters. The summed E-state index contributed by atoms with van der Waals surface area (Å²) in [5.41, 5.74) is 0. The molecule has 0 radical (unpaired) electrons. The predicted octanol–water partition coefficient (Wildman–Crippen LogP) is 17.0. The molecule has 0 rings (SSSR count). The van der Waals surface area contributed by atoms with Gasteiger partial charge >= 0.3 is 5.97 Å². The normalized spacial score (nSPS) is 12.0. The van der Waals surface area contributed by atoms with Gasteiger partial charge in [0.2, 0.25) is 0 Å². The van der Waals surface area contributed by atoms with E-state index in [-0.39, 0.29) is 5.97 Å². The van der Waals surface area contributed by atoms with Crippen molar-refractivity contribution in [1.82, 2.24) is 9.80 Å². The van der Waals surface area contributed by atoms with Crippen LogP contribution in [0.4, 0.5) is 0 Å². The average Bonchev–Trinajstić information content (AvgIpc) is 3.25. The van der Waals surface area contributed by atoms with Gasteiger partial charge in [0, 0.05) is 12.8 Å². The molecule has 0 heterocycles. The molecule has 0 saturated carbocycles. The van der Waals surface area contributed by atoms with Crippen molar-refractivity contribution >= 4 is 11.8 Å². The molecule has 0 aliphatic heterocycles. The lowest BCUT2D eigenvalue weighted by atomic mass is 9.90. The fourth-order valence-corrected chi connectivity index (χ4v) is 9.16. The first-order valence-electron chi connectivity index (χ1n) is 27.6. The highest BCUT2D eigenvalue weighted by atomic mass is 16.5. The fraction of sp³-hybridized carbons (Fsp3) is 0.929. The molecule has 5 heteroatoms. The Morgan fingerprint density at radius 2 is 0.803 bits per heavy atom. The summed E-state index contributed by atoms with van der Waals surface area (Å²) < 4.78 is 5.67. The summed E-state index contributed by atoms with van der Waals surface area (Å²) in [5, 5.41) is 0. The third kappa shape index (κ3) is 45.2. The predicted molar refractivity (Wildman–Crippen MR) is 270 cm³/mol. The Balaban J connectivity index is 4.22. The molecule has 0 aliphatic carbocycles. The highest BCUT2D eigenvalue weighted by Gasteiger charge is 2.11. The maximum Gasteiger partial charge on any atom is 0.305 e. The van der Waals surface area contributed by atoms with Gasteiger partial charge in [-0.3, -0.25) is 9.59 Å². The standard InChI is InChI=1S/C56H110N2O3/c1-7-11-15-26-39-53(40-27-16-12-8-2)43-30-25-32-46-55(59)45-31-21-19-23-34-49-58(51-37-36-48-57(5)6)50-35-24-20-22-33-47-56(60)61-52-38-44-54(41-28-17-13-9-3)42-29-18-14-10-4/h32,46,53-54H,7-31,33-45,47-52H2,1-6H3/b46-32-. The zero-order valence-electron chi connectivity index (χ0n) is 42.5. The van der Waals surface area contributed by atoms with Crippen LogP contribution in [0.1, 0.15) is 278 Å². The first kappa shape index (κ1) is 59.8. The summed E-state index contributed by atoms with van der Waals surface area (Å²) in [6, 6.07) is 0. The van der Waals surface area contributed by atoms with Crippen molar-refractivity contribution in [1.29, 1.82) is 0 Å². The van der Waals surface area contributed by atoms with E-state index in [9.17, 15) is 9.59 Å². The smallest absolute Gasteiger partial charge is 0.305 e. The van der Waals surface area contributed by atoms with Crippen LogP contribution in [-0.2, 0) is 14.3 Å². The van der Waals surface area contributed by atoms with E-state index < -0.39 is 0 Å². The zero-order valence-corrected chi connectivity index (χ0v) is 42.5. The Bertz CT molecular complexity index is 911. The number of rotatable bonds is 50. The first-order chi connectivity index (χ1) is 29.9. The number of esters is 1. The quantitative estimate of drug-likeness (QED) is 0.0346. The van der Waals surface area contributed by atoms with Crippen LogP contribution in [0, 0.1) is 11.8 Å². The minimum atomic E-state index is 0.0142. The maximum absolute atomic E-state index is 12.5. The minimum absolute atomic E-state index is 0.0142. The molecular weight excluding hydrogens is 749 g/mol. The number of carbonyl (C=O) groups is 2. The van der Waals surface area contributed by atoms with Gasteiger partial charge in [0.05, 0.1) is 6.61 Å². The van der Waals surface area contributed by atoms with Crippen LogP contribution >= 0.6 is 0 Å². The van der Waals surface area contributed by atoms with E-state index in [0.29, 0.717) is 25.2 Å². The summed E-state index contributed by atoms with van der Waals surface area (Å²) in [4.78, 5) is 30.0. The number of ketones is 1. The fourth-order valence-electron chi connectivity index (χ4n) is 9.16. The van der Waals surface area contributed by atoms with Crippen molar-refractivity contribution in [3.05, 3.63) is 12.2 Å². The van der Waals surface area contributed by atoms with Crippen LogP contribution < -0.4 is 0 Å². The number of allylic oxidation sites excluding steroid dienone is 2. The second-order valence-electron chi connectivity index (χ2n) is 19.7. The van der Waals surface area contributed by atoms with E-state index in [1.54, 1.807) is 0 Å². The first-order valence-corrected chi connectivity index (χ1v) is 27.6. The Morgan fingerprint density at radius 3 is 1.28 bits per heavy atom. The highest BCUT2D eigenvalue weighted by molar-refractivity contribution is 5.89. The summed E-state index contributed by atoms with van der Waals surface area (Å²) in [6.45, 7) is 14.6. The summed E-state index contributed by atoms with van der Waals surface area (Å²) in [5.74, 6) is 2.05. The van der Waals surface area contributed by atoms with Crippen molar-refractivity contribution in [3.8, 4) is 0 Å². The molecule has 0 N–H and O–H groups in total. The van der Waals surface area contributed by atoms with Crippen LogP contribution in [0.2, 0.25) is 0 Å². The van der Waals surface area contributed by atoms with E-state index in [0.717, 1.165) is 43.9 Å². The highest BCUT2D eigenvalue weighted by Crippen LogP contribution is 2.25. The van der Waals surface area contributed by atoms with Gasteiger partial charge < -0.3 is 14.5 Å². The Kier molecular flexibility index (Phi) is 47.3. The number of unbranched alkanes of at least 4 members (excludes halogenated alkanes) is 22. The van der Waals surface area contributed by atoms with Crippen LogP contribution in [-0.4, -0.2) is 68.4 Å². The molecular formula is C56H110N2O3. The average molecular weight is 860 g/mol. The van der Waals surface area contributed by atoms with E-state index in [1.165, 1.54) is 232 Å². The van der Waals surface area contributed by atoms with E-state index in [2.05, 4.69) is 57.7 Å². The van der Waals surface area contributed by atoms with E-state index >= 15 is 0 Å². The topological polar surface area (TPSA) is 49.9 Å². The van der Waals surface area contributed by atoms with Gasteiger partial charge in [-0.1, -0.05) is 207 Å². The molecule has 0 fully saturated rings. The second kappa shape index (κ2) is 48.3. The third-order valence-electron chi connectivity index (χ3n) is 13.3. The number of hydrogen-bond donors (Lipinski definition) is 0. The number of nitrogens with zero attached hydrogens (tertiary/aromatic N) is 2. The largest absolute Gasteiger partial charge is 0.466 e. The van der Waals surface area contributed by atoms with Crippen molar-refractivity contribution in [3.63, 3.8) is 0 Å². The molecule has 0 bridgehead atoms. The van der Waals surface area contributed by atoms with Gasteiger partial charge in [-0.2, -0.15) is 0 Å². The van der Waals surface area contributed by atoms with Crippen LogP contribution in [0.5, 0.6) is 0 Å². The maximum atomic E-state index is 12.5. The Morgan fingerprint density at radius 1 is 0.426 bits per heavy atom. The van der Waals surface area contributed by atoms with Crippen molar-refractivity contribution in [2.75, 3.05) is 46.9 Å². The molecule has 0 saturated heterocycles. The molecule has 61 heavy (non-hydrogen) atoms. The molecule has 0 aromatic heterocycles. The summed E-state index contributed by atoms with van der Waals surface area (Å²) in [6.07, 6.45) is 52.9. The molecule has 0 spiro atoms. The molecule has 0 aromatic carbocycles. The second-order valence-corrected chi connectivity index (χ2v) is 19.7. The SMILES string of the molecule is CCCCCCC(CCC/C=C\C(=O)CCCCCCCN(CCCCCCCC(=O)OCCCC(CCCCCC)CCCCCC)CCCCN(C)C)CCCCCC. The van der Waals surface area contributed by atoms with Gasteiger partial charge in [0.15, 0.2) is 5.78 Å². The molecule has 0 amide bonds. The lowest BCUT2D eigenvalue weighted by Crippen LogP contribution is -2.28. The molecule has 0 atom stereocenters. The van der Waals surface area contributed by atoms with Crippen molar-refractivity contribution in [2.24, 2.45) is 11.8 Å². The van der Waals surface area contributed by atoms with E-state index in [1.807, 2.05) is 6.08 Å². The van der Waals surface area contributed by atoms with Crippen molar-refractivity contribution in [2.45, 2.75) is 278 Å². The van der Waals surface area contributed by atoms with Gasteiger partial charge in [0.1, 0.15) is 0 Å². The summed E-state index contributed by atoms with van der Waals surface area (Å²) in [7, 11) is 4.35. The number of ether oxygens (including phenoxy) is 1. The third-order valence-corrected chi connectivity index (χ3v) is 13.3. The minimum Gasteiger partial charge on any atom is -0.466 e. The van der Waals surface area contributed by atoms with E-state index in [4.69, 9.17) is 4.74 Å². The van der Waals surface area contributed by atoms with Gasteiger partial charge in [-0.25, -0.2) is 0 Å². The Hall–Kier alpha value is -1.20. The van der Waals surface area contributed by atoms with Crippen LogP contribution in [0.15, 0.2) is 12.2 Å². The molecule has 0 aliphatic rings. The van der Waals surface area contributed by atoms with Gasteiger partial charge in [0.25, 0.3) is 0 Å². The van der Waals surface area contributed by atoms with Crippen molar-refractivity contribution < 1.29 is 14.3 Å². The molecule has 5 nitrogen and oxygen atoms in total. The number of hydrogen-bond acceptors (Lipinski definition) is 5. The monoisotopic (exact) mass is 859 g/mol. The zero-order chi connectivity index (χ0) is 44.7. The lowest BCUT2D eigenvalue weighted by molar-refractivity contribution is -0.144. The Labute approximate surface area is 383 Å². The molecule has 362 valence electrons. The summed E-state index contributed by atoms with van der Waals surface area (Å²) >= 11 is 0. The van der Waals surface area contributed by atoms with Gasteiger partial charge in [-0.15, -0.1) is 0 Å². The van der Waals surface area contributed by atoms with Gasteiger partial charge in [-0.05, 0) is 122 Å². The lowest BCUT2D eigenvalue weighted by Gasteiger charge is -2.23. The number of carbonyl (C=O) groups excluding carboxylic acids is 2. The van der Waals surface area contributed by atoms with Crippen LogP contribution in [0.3, 0.4) is 0 Å². The van der Waals surface area contributed by atoms with Crippen LogP contribution in [0.25, 0.3) is 0 Å².